The van der Waals surface area contributed by atoms with E-state index in [1.54, 1.807) is 0 Å². The smallest absolute Gasteiger partial charge is 0.309 e. The summed E-state index contributed by atoms with van der Waals surface area (Å²) < 4.78 is 0. The van der Waals surface area contributed by atoms with Crippen LogP contribution in [0.3, 0.4) is 0 Å². The van der Waals surface area contributed by atoms with E-state index >= 15 is 0 Å². The molecule has 3 aliphatic rings. The third-order valence-corrected chi connectivity index (χ3v) is 4.48. The quantitative estimate of drug-likeness (QED) is 0.857. The number of aryl methyl sites for hydroxylation is 1. The van der Waals surface area contributed by atoms with Gasteiger partial charge in [-0.25, -0.2) is 0 Å². The highest BCUT2D eigenvalue weighted by Crippen LogP contribution is 2.74. The van der Waals surface area contributed by atoms with Gasteiger partial charge in [0.15, 0.2) is 0 Å². The van der Waals surface area contributed by atoms with Crippen LogP contribution < -0.4 is 0 Å². The molecule has 4 rings (SSSR count). The lowest BCUT2D eigenvalue weighted by atomic mass is 9.33. The maximum absolute atomic E-state index is 11.0. The highest BCUT2D eigenvalue weighted by atomic mass is 35.5. The van der Waals surface area contributed by atoms with Gasteiger partial charge < -0.3 is 5.11 Å². The van der Waals surface area contributed by atoms with Gasteiger partial charge >= 0.3 is 5.97 Å². The zero-order chi connectivity index (χ0) is 11.6. The number of aliphatic carboxylic acids is 1. The molecule has 3 saturated carbocycles. The van der Waals surface area contributed by atoms with Crippen LogP contribution in [0.5, 0.6) is 0 Å². The molecular weight excluding hydrogens is 224 g/mol. The fourth-order valence-electron chi connectivity index (χ4n) is 3.52. The number of rotatable bonds is 2. The van der Waals surface area contributed by atoms with Crippen LogP contribution in [-0.2, 0) is 10.2 Å². The Balaban J connectivity index is 1.90. The van der Waals surface area contributed by atoms with Gasteiger partial charge in [-0.1, -0.05) is 17.7 Å². The molecule has 16 heavy (non-hydrogen) atoms. The van der Waals surface area contributed by atoms with Gasteiger partial charge in [0, 0.05) is 5.02 Å². The van der Waals surface area contributed by atoms with Crippen molar-refractivity contribution in [1.29, 1.82) is 0 Å². The molecule has 1 N–H and O–H groups in total. The van der Waals surface area contributed by atoms with E-state index in [0.29, 0.717) is 0 Å². The molecule has 0 amide bonds. The summed E-state index contributed by atoms with van der Waals surface area (Å²) in [6, 6.07) is 5.92. The molecule has 0 radical (unpaired) electrons. The van der Waals surface area contributed by atoms with Crippen molar-refractivity contribution in [3.05, 3.63) is 34.3 Å². The van der Waals surface area contributed by atoms with Gasteiger partial charge in [-0.2, -0.15) is 0 Å². The third kappa shape index (κ3) is 1.06. The first-order chi connectivity index (χ1) is 7.47. The second kappa shape index (κ2) is 2.80. The summed E-state index contributed by atoms with van der Waals surface area (Å²) in [6.45, 7) is 2.05. The molecule has 0 spiro atoms. The average Bonchev–Trinajstić information content (AvgIpc) is 2.03. The van der Waals surface area contributed by atoms with Gasteiger partial charge in [0.05, 0.1) is 5.41 Å². The SMILES string of the molecule is Cc1cc(Cl)ccc1C12CC(C(=O)O)(C1)C2. The van der Waals surface area contributed by atoms with Crippen molar-refractivity contribution in [1.82, 2.24) is 0 Å². The summed E-state index contributed by atoms with van der Waals surface area (Å²) in [4.78, 5) is 11.0. The molecule has 1 aromatic carbocycles. The van der Waals surface area contributed by atoms with Crippen molar-refractivity contribution < 1.29 is 9.90 Å². The highest BCUT2D eigenvalue weighted by molar-refractivity contribution is 6.30. The number of carboxylic acids is 1. The highest BCUT2D eigenvalue weighted by Gasteiger charge is 2.72. The van der Waals surface area contributed by atoms with E-state index in [4.69, 9.17) is 16.7 Å². The van der Waals surface area contributed by atoms with Crippen molar-refractivity contribution in [2.45, 2.75) is 31.6 Å². The van der Waals surface area contributed by atoms with E-state index < -0.39 is 11.4 Å². The van der Waals surface area contributed by atoms with Crippen LogP contribution >= 0.6 is 11.6 Å². The lowest BCUT2D eigenvalue weighted by Gasteiger charge is -2.68. The summed E-state index contributed by atoms with van der Waals surface area (Å²) in [5.74, 6) is -0.624. The maximum Gasteiger partial charge on any atom is 0.309 e. The summed E-state index contributed by atoms with van der Waals surface area (Å²) in [5.41, 5.74) is 2.23. The van der Waals surface area contributed by atoms with Crippen molar-refractivity contribution in [3.63, 3.8) is 0 Å². The normalized spacial score (nSPS) is 35.1. The largest absolute Gasteiger partial charge is 0.481 e. The van der Waals surface area contributed by atoms with E-state index in [-0.39, 0.29) is 5.41 Å². The van der Waals surface area contributed by atoms with Crippen molar-refractivity contribution in [3.8, 4) is 0 Å². The Labute approximate surface area is 99.2 Å². The Kier molecular flexibility index (Phi) is 1.78. The minimum absolute atomic E-state index is 0.146. The molecule has 3 fully saturated rings. The van der Waals surface area contributed by atoms with Gasteiger partial charge in [-0.3, -0.25) is 4.79 Å². The summed E-state index contributed by atoms with van der Waals surface area (Å²) in [5, 5.41) is 9.83. The lowest BCUT2D eigenvalue weighted by Crippen LogP contribution is -2.68. The number of benzene rings is 1. The fraction of sp³-hybridized carbons (Fsp3) is 0.462. The summed E-state index contributed by atoms with van der Waals surface area (Å²) in [7, 11) is 0. The predicted molar refractivity (Wildman–Crippen MR) is 61.8 cm³/mol. The molecule has 0 saturated heterocycles. The first-order valence-electron chi connectivity index (χ1n) is 5.48. The zero-order valence-corrected chi connectivity index (χ0v) is 9.84. The van der Waals surface area contributed by atoms with Crippen LogP contribution in [0.4, 0.5) is 0 Å². The minimum atomic E-state index is -0.624. The monoisotopic (exact) mass is 236 g/mol. The molecule has 2 nitrogen and oxygen atoms in total. The number of carbonyl (C=O) groups is 1. The molecule has 3 heteroatoms. The van der Waals surface area contributed by atoms with Gasteiger partial charge in [0.25, 0.3) is 0 Å². The Morgan fingerprint density at radius 3 is 2.50 bits per heavy atom. The molecule has 0 atom stereocenters. The van der Waals surface area contributed by atoms with Crippen LogP contribution in [0.2, 0.25) is 5.02 Å². The number of halogens is 1. The Morgan fingerprint density at radius 2 is 2.00 bits per heavy atom. The van der Waals surface area contributed by atoms with Crippen molar-refractivity contribution in [2.75, 3.05) is 0 Å². The van der Waals surface area contributed by atoms with Gasteiger partial charge in [0.2, 0.25) is 0 Å². The van der Waals surface area contributed by atoms with E-state index in [0.717, 1.165) is 24.3 Å². The molecule has 2 bridgehead atoms. The summed E-state index contributed by atoms with van der Waals surface area (Å²) >= 11 is 5.92. The van der Waals surface area contributed by atoms with Crippen LogP contribution in [0.1, 0.15) is 30.4 Å². The van der Waals surface area contributed by atoms with E-state index in [1.165, 1.54) is 11.1 Å². The molecule has 1 aromatic rings. The molecule has 0 unspecified atom stereocenters. The number of hydrogen-bond acceptors (Lipinski definition) is 1. The molecule has 3 aliphatic carbocycles. The van der Waals surface area contributed by atoms with Gasteiger partial charge in [-0.05, 0) is 54.9 Å². The topological polar surface area (TPSA) is 37.3 Å². The third-order valence-electron chi connectivity index (χ3n) is 4.24. The minimum Gasteiger partial charge on any atom is -0.481 e. The van der Waals surface area contributed by atoms with Crippen LogP contribution in [0.25, 0.3) is 0 Å². The second-order valence-corrected chi connectivity index (χ2v) is 5.79. The van der Waals surface area contributed by atoms with E-state index in [9.17, 15) is 4.79 Å². The lowest BCUT2D eigenvalue weighted by molar-refractivity contribution is -0.194. The number of carboxylic acid groups (broad SMARTS) is 1. The standard InChI is InChI=1S/C13H13ClO2/c1-8-4-9(14)2-3-10(8)12-5-13(6-12,7-12)11(15)16/h2-4H,5-7H2,1H3,(H,15,16). The maximum atomic E-state index is 11.0. The molecule has 84 valence electrons. The second-order valence-electron chi connectivity index (χ2n) is 5.36. The molecule has 0 aliphatic heterocycles. The number of hydrogen-bond donors (Lipinski definition) is 1. The van der Waals surface area contributed by atoms with Gasteiger partial charge in [-0.15, -0.1) is 0 Å². The molecule has 0 heterocycles. The fourth-order valence-corrected chi connectivity index (χ4v) is 3.75. The van der Waals surface area contributed by atoms with Crippen LogP contribution in [-0.4, -0.2) is 11.1 Å². The Hall–Kier alpha value is -1.02. The van der Waals surface area contributed by atoms with Crippen molar-refractivity contribution >= 4 is 17.6 Å². The Morgan fingerprint density at radius 1 is 1.38 bits per heavy atom. The Bertz CT molecular complexity index is 473. The zero-order valence-electron chi connectivity index (χ0n) is 9.09. The first kappa shape index (κ1) is 10.2. The van der Waals surface area contributed by atoms with Crippen molar-refractivity contribution in [2.24, 2.45) is 5.41 Å². The van der Waals surface area contributed by atoms with Gasteiger partial charge in [0.1, 0.15) is 0 Å². The predicted octanol–water partition coefficient (Wildman–Crippen LogP) is 3.15. The molecular formula is C13H13ClO2. The van der Waals surface area contributed by atoms with E-state index in [1.807, 2.05) is 12.1 Å². The van der Waals surface area contributed by atoms with E-state index in [2.05, 4.69) is 13.0 Å². The summed E-state index contributed by atoms with van der Waals surface area (Å²) in [6.07, 6.45) is 2.41. The molecule has 0 aromatic heterocycles. The average molecular weight is 237 g/mol. The van der Waals surface area contributed by atoms with Crippen LogP contribution in [0.15, 0.2) is 18.2 Å². The van der Waals surface area contributed by atoms with Crippen LogP contribution in [0, 0.1) is 12.3 Å². The first-order valence-corrected chi connectivity index (χ1v) is 5.85.